The summed E-state index contributed by atoms with van der Waals surface area (Å²) in [5.41, 5.74) is 3.30. The molecule has 2 aromatic carbocycles. The summed E-state index contributed by atoms with van der Waals surface area (Å²) in [6.45, 7) is 1.94. The molecule has 0 spiro atoms. The molecule has 8 heteroatoms. The Morgan fingerprint density at radius 2 is 1.86 bits per heavy atom. The number of aromatic amines is 1. The van der Waals surface area contributed by atoms with E-state index in [1.165, 1.54) is 24.3 Å². The molecule has 4 rings (SSSR count). The highest BCUT2D eigenvalue weighted by molar-refractivity contribution is 6.08. The number of fused-ring (bicyclic) bond motifs is 1. The first-order chi connectivity index (χ1) is 13.4. The number of nitrogens with zero attached hydrogens (tertiary/aromatic N) is 3. The van der Waals surface area contributed by atoms with Crippen molar-refractivity contribution in [2.75, 3.05) is 0 Å². The van der Waals surface area contributed by atoms with Gasteiger partial charge in [-0.2, -0.15) is 5.10 Å². The molecule has 0 saturated heterocycles. The summed E-state index contributed by atoms with van der Waals surface area (Å²) in [6, 6.07) is 15.0. The molecule has 0 radical (unpaired) electrons. The largest absolute Gasteiger partial charge is 0.478 e. The van der Waals surface area contributed by atoms with Gasteiger partial charge in [-0.3, -0.25) is 15.2 Å². The first-order valence-corrected chi connectivity index (χ1v) is 8.38. The number of aryl methyl sites for hydroxylation is 1. The predicted octanol–water partition coefficient (Wildman–Crippen LogP) is 4.21. The van der Waals surface area contributed by atoms with Crippen LogP contribution in [0.1, 0.15) is 15.9 Å². The molecule has 0 amide bonds. The smallest absolute Gasteiger partial charge is 0.336 e. The average Bonchev–Trinajstić information content (AvgIpc) is 3.11. The molecule has 28 heavy (non-hydrogen) atoms. The van der Waals surface area contributed by atoms with Crippen LogP contribution in [0.5, 0.6) is 0 Å². The SMILES string of the molecule is Cc1cccc(-c2cc(C(=O)O)c3c(-c4cccc([N+](=O)[O-])c4)[nH]nc3n2)c1. The standard InChI is InChI=1S/C20H14N4O4/c1-11-4-2-5-12(8-11)16-10-15(20(25)26)17-18(22-23-19(17)21-16)13-6-3-7-14(9-13)24(27)28/h2-10H,1H3,(H,25,26)(H,21,22,23). The molecule has 0 fully saturated rings. The Labute approximate surface area is 158 Å². The van der Waals surface area contributed by atoms with Crippen molar-refractivity contribution in [3.63, 3.8) is 0 Å². The Kier molecular flexibility index (Phi) is 4.08. The van der Waals surface area contributed by atoms with Gasteiger partial charge in [-0.1, -0.05) is 35.9 Å². The van der Waals surface area contributed by atoms with Gasteiger partial charge in [0.2, 0.25) is 0 Å². The maximum atomic E-state index is 11.9. The molecule has 2 aromatic heterocycles. The number of aromatic carboxylic acids is 1. The molecule has 4 aromatic rings. The van der Waals surface area contributed by atoms with Crippen molar-refractivity contribution in [1.82, 2.24) is 15.2 Å². The van der Waals surface area contributed by atoms with Crippen molar-refractivity contribution >= 4 is 22.7 Å². The van der Waals surface area contributed by atoms with Gasteiger partial charge in [-0.15, -0.1) is 0 Å². The lowest BCUT2D eigenvalue weighted by Gasteiger charge is -2.06. The normalized spacial score (nSPS) is 10.9. The topological polar surface area (TPSA) is 122 Å². The fraction of sp³-hybridized carbons (Fsp3) is 0.0500. The average molecular weight is 374 g/mol. The van der Waals surface area contributed by atoms with Gasteiger partial charge in [0.1, 0.15) is 0 Å². The number of carboxylic acids is 1. The summed E-state index contributed by atoms with van der Waals surface area (Å²) in [5, 5.41) is 28.1. The summed E-state index contributed by atoms with van der Waals surface area (Å²) >= 11 is 0. The number of benzene rings is 2. The highest BCUT2D eigenvalue weighted by atomic mass is 16.6. The molecule has 0 aliphatic rings. The van der Waals surface area contributed by atoms with Crippen LogP contribution in [0.2, 0.25) is 0 Å². The van der Waals surface area contributed by atoms with Crippen LogP contribution in [0.25, 0.3) is 33.5 Å². The highest BCUT2D eigenvalue weighted by Gasteiger charge is 2.20. The van der Waals surface area contributed by atoms with E-state index in [0.717, 1.165) is 11.1 Å². The van der Waals surface area contributed by atoms with E-state index in [-0.39, 0.29) is 16.9 Å². The minimum Gasteiger partial charge on any atom is -0.478 e. The lowest BCUT2D eigenvalue weighted by Crippen LogP contribution is -2.00. The number of H-pyrrole nitrogens is 1. The van der Waals surface area contributed by atoms with Crippen molar-refractivity contribution in [3.05, 3.63) is 75.8 Å². The van der Waals surface area contributed by atoms with Crippen LogP contribution >= 0.6 is 0 Å². The Balaban J connectivity index is 1.95. The van der Waals surface area contributed by atoms with E-state index >= 15 is 0 Å². The van der Waals surface area contributed by atoms with Crippen molar-refractivity contribution in [3.8, 4) is 22.5 Å². The maximum absolute atomic E-state index is 11.9. The number of carbonyl (C=O) groups is 1. The number of pyridine rings is 1. The van der Waals surface area contributed by atoms with E-state index < -0.39 is 10.9 Å². The summed E-state index contributed by atoms with van der Waals surface area (Å²) in [4.78, 5) is 27.0. The van der Waals surface area contributed by atoms with Gasteiger partial charge in [0.15, 0.2) is 5.65 Å². The van der Waals surface area contributed by atoms with Crippen LogP contribution in [0.4, 0.5) is 5.69 Å². The van der Waals surface area contributed by atoms with E-state index in [1.807, 2.05) is 31.2 Å². The molecule has 8 nitrogen and oxygen atoms in total. The Hall–Kier alpha value is -4.07. The second-order valence-electron chi connectivity index (χ2n) is 6.33. The summed E-state index contributed by atoms with van der Waals surface area (Å²) in [6.07, 6.45) is 0. The molecule has 0 atom stereocenters. The number of nitro benzene ring substituents is 1. The minimum atomic E-state index is -1.13. The van der Waals surface area contributed by atoms with E-state index in [9.17, 15) is 20.0 Å². The maximum Gasteiger partial charge on any atom is 0.336 e. The van der Waals surface area contributed by atoms with Crippen molar-refractivity contribution in [1.29, 1.82) is 0 Å². The van der Waals surface area contributed by atoms with Gasteiger partial charge in [0.05, 0.1) is 27.3 Å². The molecule has 2 N–H and O–H groups in total. The summed E-state index contributed by atoms with van der Waals surface area (Å²) in [7, 11) is 0. The monoisotopic (exact) mass is 374 g/mol. The van der Waals surface area contributed by atoms with Crippen LogP contribution < -0.4 is 0 Å². The van der Waals surface area contributed by atoms with Crippen LogP contribution in [-0.4, -0.2) is 31.2 Å². The first kappa shape index (κ1) is 17.3. The molecule has 0 aliphatic heterocycles. The lowest BCUT2D eigenvalue weighted by atomic mass is 10.0. The Morgan fingerprint density at radius 3 is 2.57 bits per heavy atom. The molecular weight excluding hydrogens is 360 g/mol. The van der Waals surface area contributed by atoms with E-state index in [0.29, 0.717) is 22.3 Å². The number of hydrogen-bond acceptors (Lipinski definition) is 5. The summed E-state index contributed by atoms with van der Waals surface area (Å²) < 4.78 is 0. The third-order valence-corrected chi connectivity index (χ3v) is 4.41. The van der Waals surface area contributed by atoms with Gasteiger partial charge in [-0.25, -0.2) is 9.78 Å². The number of non-ortho nitro benzene ring substituents is 1. The predicted molar refractivity (Wildman–Crippen MR) is 103 cm³/mol. The summed E-state index contributed by atoms with van der Waals surface area (Å²) in [5.74, 6) is -1.13. The van der Waals surface area contributed by atoms with E-state index in [4.69, 9.17) is 0 Å². The van der Waals surface area contributed by atoms with Crippen molar-refractivity contribution in [2.24, 2.45) is 0 Å². The highest BCUT2D eigenvalue weighted by Crippen LogP contribution is 2.32. The van der Waals surface area contributed by atoms with Crippen molar-refractivity contribution < 1.29 is 14.8 Å². The fourth-order valence-electron chi connectivity index (χ4n) is 3.13. The van der Waals surface area contributed by atoms with Crippen molar-refractivity contribution in [2.45, 2.75) is 6.92 Å². The van der Waals surface area contributed by atoms with Crippen LogP contribution in [0.15, 0.2) is 54.6 Å². The zero-order chi connectivity index (χ0) is 19.8. The van der Waals surface area contributed by atoms with Gasteiger partial charge < -0.3 is 5.11 Å². The number of nitrogens with one attached hydrogen (secondary N) is 1. The second kappa shape index (κ2) is 6.58. The van der Waals surface area contributed by atoms with Gasteiger partial charge in [0, 0.05) is 23.3 Å². The molecule has 138 valence electrons. The zero-order valence-corrected chi connectivity index (χ0v) is 14.7. The quantitative estimate of drug-likeness (QED) is 0.408. The number of nitro groups is 1. The van der Waals surface area contributed by atoms with E-state index in [2.05, 4.69) is 15.2 Å². The van der Waals surface area contributed by atoms with E-state index in [1.54, 1.807) is 6.07 Å². The second-order valence-corrected chi connectivity index (χ2v) is 6.33. The lowest BCUT2D eigenvalue weighted by molar-refractivity contribution is -0.384. The zero-order valence-electron chi connectivity index (χ0n) is 14.7. The Morgan fingerprint density at radius 1 is 1.11 bits per heavy atom. The molecule has 0 bridgehead atoms. The molecular formula is C20H14N4O4. The molecule has 0 unspecified atom stereocenters. The molecule has 0 aliphatic carbocycles. The molecule has 0 saturated carbocycles. The minimum absolute atomic E-state index is 0.0248. The number of rotatable bonds is 4. The van der Waals surface area contributed by atoms with Gasteiger partial charge in [0.25, 0.3) is 5.69 Å². The number of hydrogen-bond donors (Lipinski definition) is 2. The van der Waals surface area contributed by atoms with Gasteiger partial charge in [-0.05, 0) is 19.1 Å². The third-order valence-electron chi connectivity index (χ3n) is 4.41. The third kappa shape index (κ3) is 2.96. The number of aromatic nitrogens is 3. The first-order valence-electron chi connectivity index (χ1n) is 8.38. The van der Waals surface area contributed by atoms with Crippen LogP contribution in [0.3, 0.4) is 0 Å². The fourth-order valence-corrected chi connectivity index (χ4v) is 3.13. The number of carboxylic acid groups (broad SMARTS) is 1. The molecule has 2 heterocycles. The van der Waals surface area contributed by atoms with Crippen LogP contribution in [-0.2, 0) is 0 Å². The van der Waals surface area contributed by atoms with Gasteiger partial charge >= 0.3 is 5.97 Å². The Bertz CT molecular complexity index is 1250. The van der Waals surface area contributed by atoms with Crippen LogP contribution in [0, 0.1) is 17.0 Å².